The lowest BCUT2D eigenvalue weighted by Gasteiger charge is -2.28. The van der Waals surface area contributed by atoms with E-state index in [0.717, 1.165) is 62.4 Å². The average Bonchev–Trinajstić information content (AvgIpc) is 3.31. The van der Waals surface area contributed by atoms with Crippen LogP contribution in [-0.2, 0) is 6.54 Å². The van der Waals surface area contributed by atoms with Gasteiger partial charge in [0.25, 0.3) is 0 Å². The average molecular weight is 550 g/mol. The van der Waals surface area contributed by atoms with Crippen LogP contribution in [-0.4, -0.2) is 57.3 Å². The Bertz CT molecular complexity index is 886. The second-order valence-corrected chi connectivity index (χ2v) is 8.24. The van der Waals surface area contributed by atoms with Gasteiger partial charge in [-0.1, -0.05) is 12.1 Å². The fourth-order valence-corrected chi connectivity index (χ4v) is 4.43. The quantitative estimate of drug-likeness (QED) is 0.326. The number of nitrogens with zero attached hydrogens (tertiary/aromatic N) is 4. The fraction of sp³-hybridized carbons (Fsp3) is 0.500. The first-order chi connectivity index (χ1) is 15.3. The van der Waals surface area contributed by atoms with Gasteiger partial charge >= 0.3 is 0 Å². The van der Waals surface area contributed by atoms with E-state index < -0.39 is 0 Å². The lowest BCUT2D eigenvalue weighted by molar-refractivity contribution is 0.415. The maximum atomic E-state index is 5.53. The van der Waals surface area contributed by atoms with Crippen LogP contribution in [0, 0.1) is 0 Å². The van der Waals surface area contributed by atoms with Crippen molar-refractivity contribution in [2.24, 2.45) is 4.99 Å². The van der Waals surface area contributed by atoms with E-state index in [2.05, 4.69) is 54.7 Å². The number of methoxy groups -OCH3 is 1. The molecule has 0 bridgehead atoms. The predicted octanol–water partition coefficient (Wildman–Crippen LogP) is 3.64. The Morgan fingerprint density at radius 2 is 1.94 bits per heavy atom. The number of aliphatic imine (C=N–C) groups is 1. The Hall–Kier alpha value is -2.23. The maximum Gasteiger partial charge on any atom is 0.191 e. The van der Waals surface area contributed by atoms with Gasteiger partial charge < -0.3 is 25.2 Å². The molecule has 2 N–H and O–H groups in total. The van der Waals surface area contributed by atoms with Crippen LogP contribution in [0.15, 0.2) is 47.6 Å². The fourth-order valence-electron chi connectivity index (χ4n) is 4.43. The molecule has 4 rings (SSSR count). The number of pyridine rings is 1. The summed E-state index contributed by atoms with van der Waals surface area (Å²) < 4.78 is 5.53. The number of piperidine rings is 1. The van der Waals surface area contributed by atoms with E-state index in [-0.39, 0.29) is 24.0 Å². The molecule has 2 aliphatic heterocycles. The van der Waals surface area contributed by atoms with E-state index >= 15 is 0 Å². The first kappa shape index (κ1) is 24.4. The highest BCUT2D eigenvalue weighted by atomic mass is 127. The molecule has 32 heavy (non-hydrogen) atoms. The lowest BCUT2D eigenvalue weighted by Crippen LogP contribution is -2.44. The van der Waals surface area contributed by atoms with E-state index in [9.17, 15) is 0 Å². The molecular formula is C24H35IN6O. The number of rotatable bonds is 6. The van der Waals surface area contributed by atoms with Crippen LogP contribution in [0.3, 0.4) is 0 Å². The minimum Gasteiger partial charge on any atom is -0.495 e. The number of anilines is 2. The van der Waals surface area contributed by atoms with E-state index in [4.69, 9.17) is 4.74 Å². The van der Waals surface area contributed by atoms with Crippen molar-refractivity contribution < 1.29 is 4.74 Å². The van der Waals surface area contributed by atoms with Gasteiger partial charge in [0.1, 0.15) is 11.6 Å². The number of nitrogens with one attached hydrogen (secondary N) is 2. The maximum absolute atomic E-state index is 5.53. The molecule has 2 saturated heterocycles. The zero-order valence-corrected chi connectivity index (χ0v) is 21.4. The minimum atomic E-state index is 0. The molecule has 0 radical (unpaired) electrons. The van der Waals surface area contributed by atoms with Gasteiger partial charge in [0, 0.05) is 52.0 Å². The lowest BCUT2D eigenvalue weighted by atomic mass is 10.1. The van der Waals surface area contributed by atoms with Crippen molar-refractivity contribution in [3.05, 3.63) is 48.2 Å². The van der Waals surface area contributed by atoms with Crippen molar-refractivity contribution in [2.45, 2.75) is 38.3 Å². The topological polar surface area (TPSA) is 65.0 Å². The van der Waals surface area contributed by atoms with Crippen molar-refractivity contribution in [3.8, 4) is 5.75 Å². The summed E-state index contributed by atoms with van der Waals surface area (Å²) in [6, 6.07) is 12.8. The molecule has 1 atom stereocenters. The molecule has 1 unspecified atom stereocenters. The Labute approximate surface area is 208 Å². The summed E-state index contributed by atoms with van der Waals surface area (Å²) >= 11 is 0. The number of hydrogen-bond donors (Lipinski definition) is 2. The van der Waals surface area contributed by atoms with E-state index in [0.29, 0.717) is 6.04 Å². The van der Waals surface area contributed by atoms with Gasteiger partial charge in [-0.05, 0) is 55.5 Å². The molecule has 0 saturated carbocycles. The highest BCUT2D eigenvalue weighted by Gasteiger charge is 2.25. The molecule has 7 nitrogen and oxygen atoms in total. The summed E-state index contributed by atoms with van der Waals surface area (Å²) in [7, 11) is 3.56. The minimum absolute atomic E-state index is 0. The van der Waals surface area contributed by atoms with Gasteiger partial charge in [-0.25, -0.2) is 4.98 Å². The third-order valence-corrected chi connectivity index (χ3v) is 6.13. The Kier molecular flexibility index (Phi) is 9.25. The van der Waals surface area contributed by atoms with Crippen LogP contribution >= 0.6 is 24.0 Å². The second kappa shape index (κ2) is 12.1. The Balaban J connectivity index is 0.00000289. The molecule has 1 aromatic heterocycles. The van der Waals surface area contributed by atoms with Crippen LogP contribution in [0.5, 0.6) is 5.75 Å². The summed E-state index contributed by atoms with van der Waals surface area (Å²) in [6.45, 7) is 4.87. The number of guanidine groups is 1. The van der Waals surface area contributed by atoms with Crippen molar-refractivity contribution in [3.63, 3.8) is 0 Å². The van der Waals surface area contributed by atoms with Gasteiger partial charge in [-0.3, -0.25) is 4.99 Å². The Morgan fingerprint density at radius 1 is 1.12 bits per heavy atom. The van der Waals surface area contributed by atoms with Crippen LogP contribution in [0.25, 0.3) is 0 Å². The zero-order chi connectivity index (χ0) is 21.5. The Morgan fingerprint density at radius 3 is 2.72 bits per heavy atom. The molecule has 174 valence electrons. The molecule has 0 spiro atoms. The van der Waals surface area contributed by atoms with Gasteiger partial charge in [0.2, 0.25) is 0 Å². The number of halogens is 1. The molecule has 2 aromatic rings. The van der Waals surface area contributed by atoms with Crippen LogP contribution < -0.4 is 25.2 Å². The smallest absolute Gasteiger partial charge is 0.191 e. The second-order valence-electron chi connectivity index (χ2n) is 8.24. The van der Waals surface area contributed by atoms with Gasteiger partial charge in [-0.15, -0.1) is 24.0 Å². The summed E-state index contributed by atoms with van der Waals surface area (Å²) in [5.41, 5.74) is 2.37. The van der Waals surface area contributed by atoms with Gasteiger partial charge in [0.15, 0.2) is 5.96 Å². The number of para-hydroxylation sites is 2. The summed E-state index contributed by atoms with van der Waals surface area (Å²) in [5, 5.41) is 7.05. The molecule has 3 heterocycles. The third-order valence-electron chi connectivity index (χ3n) is 6.13. The van der Waals surface area contributed by atoms with Crippen molar-refractivity contribution in [2.75, 3.05) is 50.1 Å². The van der Waals surface area contributed by atoms with Gasteiger partial charge in [-0.2, -0.15) is 0 Å². The summed E-state index contributed by atoms with van der Waals surface area (Å²) in [5.74, 6) is 2.85. The monoisotopic (exact) mass is 550 g/mol. The number of aromatic nitrogens is 1. The highest BCUT2D eigenvalue weighted by molar-refractivity contribution is 14.0. The molecule has 2 aliphatic rings. The van der Waals surface area contributed by atoms with E-state index in [1.807, 2.05) is 25.4 Å². The number of ether oxygens (including phenoxy) is 1. The molecule has 2 fully saturated rings. The standard InChI is InChI=1S/C24H34N6O.HI/c1-25-24(27-17-19-10-12-26-23(16-19)29-13-6-3-7-14-29)28-20-11-15-30(18-20)21-8-4-5-9-22(21)31-2;/h4-5,8-10,12,16,20H,3,6-7,11,13-15,17-18H2,1-2H3,(H2,25,27,28);1H. The summed E-state index contributed by atoms with van der Waals surface area (Å²) in [4.78, 5) is 13.8. The van der Waals surface area contributed by atoms with E-state index in [1.54, 1.807) is 7.11 Å². The van der Waals surface area contributed by atoms with Crippen molar-refractivity contribution >= 4 is 41.4 Å². The third kappa shape index (κ3) is 6.17. The number of hydrogen-bond acceptors (Lipinski definition) is 5. The molecule has 0 aliphatic carbocycles. The first-order valence-electron chi connectivity index (χ1n) is 11.3. The van der Waals surface area contributed by atoms with Crippen LogP contribution in [0.4, 0.5) is 11.5 Å². The van der Waals surface area contributed by atoms with Crippen LogP contribution in [0.1, 0.15) is 31.2 Å². The van der Waals surface area contributed by atoms with Crippen molar-refractivity contribution in [1.29, 1.82) is 0 Å². The molecule has 1 aromatic carbocycles. The zero-order valence-electron chi connectivity index (χ0n) is 19.1. The van der Waals surface area contributed by atoms with Crippen molar-refractivity contribution in [1.82, 2.24) is 15.6 Å². The predicted molar refractivity (Wildman–Crippen MR) is 143 cm³/mol. The first-order valence-corrected chi connectivity index (χ1v) is 11.3. The van der Waals surface area contributed by atoms with Gasteiger partial charge in [0.05, 0.1) is 12.8 Å². The summed E-state index contributed by atoms with van der Waals surface area (Å²) in [6.07, 6.45) is 6.82. The molecule has 0 amide bonds. The molecule has 8 heteroatoms. The highest BCUT2D eigenvalue weighted by Crippen LogP contribution is 2.30. The number of benzene rings is 1. The largest absolute Gasteiger partial charge is 0.495 e. The molecular weight excluding hydrogens is 515 g/mol. The van der Waals surface area contributed by atoms with Crippen LogP contribution in [0.2, 0.25) is 0 Å². The SMILES string of the molecule is CN=C(NCc1ccnc(N2CCCCC2)c1)NC1CCN(c2ccccc2OC)C1.I. The normalized spacial score (nSPS) is 18.8. The van der Waals surface area contributed by atoms with E-state index in [1.165, 1.54) is 24.8 Å².